The Bertz CT molecular complexity index is 1840. The summed E-state index contributed by atoms with van der Waals surface area (Å²) in [6, 6.07) is 9.68. The molecule has 2 aromatic carbocycles. The molecule has 2 aromatic heterocycles. The van der Waals surface area contributed by atoms with Crippen molar-refractivity contribution in [3.8, 4) is 11.6 Å². The van der Waals surface area contributed by atoms with Crippen molar-refractivity contribution in [2.24, 2.45) is 0 Å². The van der Waals surface area contributed by atoms with Crippen molar-refractivity contribution in [1.29, 1.82) is 0 Å². The Hall–Kier alpha value is -4.79. The summed E-state index contributed by atoms with van der Waals surface area (Å²) >= 11 is 1.24. The molecule has 1 aliphatic heterocycles. The second-order valence-corrected chi connectivity index (χ2v) is 13.6. The summed E-state index contributed by atoms with van der Waals surface area (Å²) < 4.78 is 53.9. The molecule has 1 aliphatic rings. The van der Waals surface area contributed by atoms with E-state index in [1.54, 1.807) is 52.8 Å². The highest BCUT2D eigenvalue weighted by molar-refractivity contribution is 7.22. The summed E-state index contributed by atoms with van der Waals surface area (Å²) in [5, 5.41) is 3.00. The van der Waals surface area contributed by atoms with Crippen molar-refractivity contribution in [2.75, 3.05) is 10.2 Å². The molecule has 3 heterocycles. The van der Waals surface area contributed by atoms with Crippen LogP contribution in [0.15, 0.2) is 54.9 Å². The first-order chi connectivity index (χ1) is 21.9. The number of carbonyl (C=O) groups excluding carboxylic acids is 3. The number of fused-ring (bicyclic) bond motifs is 1. The molecule has 248 valence electrons. The number of para-hydroxylation sites is 1. The van der Waals surface area contributed by atoms with E-state index in [0.29, 0.717) is 21.8 Å². The van der Waals surface area contributed by atoms with Crippen molar-refractivity contribution in [3.05, 3.63) is 60.4 Å². The number of aromatic nitrogens is 3. The maximum Gasteiger partial charge on any atom is 0.416 e. The number of anilines is 3. The fourth-order valence-electron chi connectivity index (χ4n) is 5.25. The number of thiazole rings is 1. The van der Waals surface area contributed by atoms with Crippen molar-refractivity contribution in [2.45, 2.75) is 77.7 Å². The van der Waals surface area contributed by atoms with E-state index in [-0.39, 0.29) is 35.5 Å². The van der Waals surface area contributed by atoms with E-state index >= 15 is 0 Å². The van der Waals surface area contributed by atoms with Crippen LogP contribution in [0.4, 0.5) is 34.6 Å². The number of alkyl halides is 3. The number of benzene rings is 2. The van der Waals surface area contributed by atoms with Crippen LogP contribution in [0, 0.1) is 0 Å². The van der Waals surface area contributed by atoms with Gasteiger partial charge in [0.2, 0.25) is 11.8 Å². The molecular weight excluding hydrogens is 637 g/mol. The third-order valence-electron chi connectivity index (χ3n) is 7.26. The van der Waals surface area contributed by atoms with Gasteiger partial charge in [-0.25, -0.2) is 19.7 Å². The Morgan fingerprint density at radius 1 is 1.06 bits per heavy atom. The predicted molar refractivity (Wildman–Crippen MR) is 170 cm³/mol. The average Bonchev–Trinajstić information content (AvgIpc) is 3.51. The summed E-state index contributed by atoms with van der Waals surface area (Å²) in [6.45, 7) is 10.1. The van der Waals surface area contributed by atoms with Crippen molar-refractivity contribution in [1.82, 2.24) is 19.9 Å². The lowest BCUT2D eigenvalue weighted by molar-refractivity contribution is -0.137. The third-order valence-corrected chi connectivity index (χ3v) is 8.19. The van der Waals surface area contributed by atoms with Crippen LogP contribution < -0.4 is 15.0 Å². The first kappa shape index (κ1) is 33.6. The minimum Gasteiger partial charge on any atom is -0.444 e. The molecule has 1 unspecified atom stereocenters. The van der Waals surface area contributed by atoms with Crippen LogP contribution >= 0.6 is 11.3 Å². The summed E-state index contributed by atoms with van der Waals surface area (Å²) in [5.74, 6) is -0.811. The quantitative estimate of drug-likeness (QED) is 0.221. The van der Waals surface area contributed by atoms with Gasteiger partial charge in [0.15, 0.2) is 10.9 Å². The molecule has 1 saturated heterocycles. The van der Waals surface area contributed by atoms with Crippen LogP contribution in [0.3, 0.4) is 0 Å². The van der Waals surface area contributed by atoms with Crippen LogP contribution in [0.2, 0.25) is 0 Å². The summed E-state index contributed by atoms with van der Waals surface area (Å²) in [6.07, 6.45) is -3.62. The molecule has 5 rings (SSSR count). The lowest BCUT2D eigenvalue weighted by Crippen LogP contribution is -2.54. The van der Waals surface area contributed by atoms with Gasteiger partial charge >= 0.3 is 12.3 Å². The van der Waals surface area contributed by atoms with E-state index in [2.05, 4.69) is 20.3 Å². The Labute approximate surface area is 272 Å². The van der Waals surface area contributed by atoms with Crippen LogP contribution in [0.5, 0.6) is 11.6 Å². The molecule has 0 spiro atoms. The third kappa shape index (κ3) is 7.45. The number of hydrogen-bond donors (Lipinski definition) is 1. The van der Waals surface area contributed by atoms with Gasteiger partial charge in [0.1, 0.15) is 29.3 Å². The van der Waals surface area contributed by atoms with E-state index in [1.807, 2.05) is 0 Å². The van der Waals surface area contributed by atoms with Crippen molar-refractivity contribution < 1.29 is 37.0 Å². The number of likely N-dealkylation sites (tertiary alicyclic amines) is 1. The van der Waals surface area contributed by atoms with Gasteiger partial charge < -0.3 is 14.8 Å². The van der Waals surface area contributed by atoms with Gasteiger partial charge in [-0.05, 0) is 77.8 Å². The van der Waals surface area contributed by atoms with Gasteiger partial charge in [0, 0.05) is 18.5 Å². The SMILES string of the molecule is CC(=O)Nc1nc2c(Oc3cc(N(C(=O)C4CCC(C)(C)N4C(=O)OC(C)(C)C)c4cccc(C(F)(F)F)c4)ncn3)cccc2s1. The molecule has 11 nitrogen and oxygen atoms in total. The molecule has 0 radical (unpaired) electrons. The van der Waals surface area contributed by atoms with E-state index < -0.39 is 40.9 Å². The topological polar surface area (TPSA) is 127 Å². The molecule has 1 N–H and O–H groups in total. The number of amides is 3. The molecule has 4 aromatic rings. The van der Waals surface area contributed by atoms with E-state index in [4.69, 9.17) is 9.47 Å². The zero-order chi connectivity index (χ0) is 34.3. The summed E-state index contributed by atoms with van der Waals surface area (Å²) in [7, 11) is 0. The molecule has 15 heteroatoms. The Morgan fingerprint density at radius 2 is 1.79 bits per heavy atom. The smallest absolute Gasteiger partial charge is 0.416 e. The monoisotopic (exact) mass is 670 g/mol. The number of rotatable bonds is 6. The number of nitrogens with zero attached hydrogens (tertiary/aromatic N) is 5. The molecule has 0 bridgehead atoms. The lowest BCUT2D eigenvalue weighted by Gasteiger charge is -2.37. The number of hydrogen-bond acceptors (Lipinski definition) is 9. The summed E-state index contributed by atoms with van der Waals surface area (Å²) in [4.78, 5) is 54.6. The van der Waals surface area contributed by atoms with Gasteiger partial charge in [-0.15, -0.1) is 0 Å². The Morgan fingerprint density at radius 3 is 2.47 bits per heavy atom. The molecule has 1 fully saturated rings. The van der Waals surface area contributed by atoms with Crippen LogP contribution in [0.25, 0.3) is 10.2 Å². The molecule has 3 amide bonds. The number of halogens is 3. The minimum atomic E-state index is -4.69. The average molecular weight is 671 g/mol. The maximum absolute atomic E-state index is 14.5. The van der Waals surface area contributed by atoms with Crippen molar-refractivity contribution >= 4 is 56.1 Å². The minimum absolute atomic E-state index is 0.0305. The van der Waals surface area contributed by atoms with Crippen molar-refractivity contribution in [3.63, 3.8) is 0 Å². The van der Waals surface area contributed by atoms with Gasteiger partial charge in [-0.1, -0.05) is 23.5 Å². The molecule has 0 aliphatic carbocycles. The van der Waals surface area contributed by atoms with E-state index in [0.717, 1.165) is 23.4 Å². The fourth-order valence-corrected chi connectivity index (χ4v) is 6.18. The van der Waals surface area contributed by atoms with Crippen LogP contribution in [-0.2, 0) is 20.5 Å². The van der Waals surface area contributed by atoms with Gasteiger partial charge in [0.05, 0.1) is 16.0 Å². The molecule has 47 heavy (non-hydrogen) atoms. The first-order valence-electron chi connectivity index (χ1n) is 14.6. The molecular formula is C32H33F3N6O5S. The largest absolute Gasteiger partial charge is 0.444 e. The number of nitrogens with one attached hydrogen (secondary N) is 1. The zero-order valence-electron chi connectivity index (χ0n) is 26.5. The second-order valence-electron chi connectivity index (χ2n) is 12.6. The predicted octanol–water partition coefficient (Wildman–Crippen LogP) is 7.70. The number of carbonyl (C=O) groups is 3. The maximum atomic E-state index is 14.5. The van der Waals surface area contributed by atoms with E-state index in [1.165, 1.54) is 41.4 Å². The highest BCUT2D eigenvalue weighted by atomic mass is 32.1. The molecule has 1 atom stereocenters. The van der Waals surface area contributed by atoms with Gasteiger partial charge in [0.25, 0.3) is 5.91 Å². The molecule has 0 saturated carbocycles. The van der Waals surface area contributed by atoms with Gasteiger partial charge in [-0.3, -0.25) is 19.4 Å². The standard InChI is InChI=1S/C32H33F3N6O5S/c1-18(42)38-28-39-26-22(11-8-12-23(26)47-28)45-25-16-24(36-17-37-25)40(20-10-7-9-19(15-20)32(33,34)35)27(43)21-13-14-31(5,6)41(21)29(44)46-30(2,3)4/h7-12,15-17,21H,13-14H2,1-6H3,(H,38,39,42). The van der Waals surface area contributed by atoms with E-state index in [9.17, 15) is 27.6 Å². The second kappa shape index (κ2) is 12.4. The first-order valence-corrected chi connectivity index (χ1v) is 15.5. The lowest BCUT2D eigenvalue weighted by atomic mass is 10.0. The number of ether oxygens (including phenoxy) is 2. The Balaban J connectivity index is 1.57. The summed E-state index contributed by atoms with van der Waals surface area (Å²) in [5.41, 5.74) is -2.30. The van der Waals surface area contributed by atoms with Crippen LogP contribution in [0.1, 0.15) is 59.9 Å². The normalized spacial score (nSPS) is 16.2. The highest BCUT2D eigenvalue weighted by Crippen LogP contribution is 2.40. The van der Waals surface area contributed by atoms with Crippen LogP contribution in [-0.4, -0.2) is 54.9 Å². The zero-order valence-corrected chi connectivity index (χ0v) is 27.3. The highest BCUT2D eigenvalue weighted by Gasteiger charge is 2.49. The fraction of sp³-hybridized carbons (Fsp3) is 0.375. The Kier molecular flexibility index (Phi) is 8.88. The van der Waals surface area contributed by atoms with Gasteiger partial charge in [-0.2, -0.15) is 13.2 Å².